The Bertz CT molecular complexity index is 826. The van der Waals surface area contributed by atoms with Gasteiger partial charge < -0.3 is 15.2 Å². The minimum Gasteiger partial charge on any atom is -0.478 e. The molecular formula is C16H18BNO6S. The van der Waals surface area contributed by atoms with Crippen molar-refractivity contribution in [2.24, 2.45) is 0 Å². The molecule has 25 heavy (non-hydrogen) atoms. The van der Waals surface area contributed by atoms with E-state index in [0.29, 0.717) is 11.1 Å². The molecule has 0 aliphatic rings. The zero-order valence-corrected chi connectivity index (χ0v) is 14.1. The summed E-state index contributed by atoms with van der Waals surface area (Å²) < 4.78 is 26.8. The number of carbonyl (C=O) groups is 1. The number of aromatic carboxylic acids is 1. The Balaban J connectivity index is 2.13. The summed E-state index contributed by atoms with van der Waals surface area (Å²) in [6.07, 6.45) is -0.0627. The van der Waals surface area contributed by atoms with Crippen LogP contribution in [-0.4, -0.2) is 42.6 Å². The molecule has 0 amide bonds. The maximum absolute atomic E-state index is 12.3. The van der Waals surface area contributed by atoms with Gasteiger partial charge in [-0.2, -0.15) is 0 Å². The van der Waals surface area contributed by atoms with E-state index in [2.05, 4.69) is 4.72 Å². The lowest BCUT2D eigenvalue weighted by atomic mass is 9.76. The molecule has 0 aliphatic heterocycles. The summed E-state index contributed by atoms with van der Waals surface area (Å²) in [5.41, 5.74) is 1.07. The van der Waals surface area contributed by atoms with Crippen LogP contribution in [0.1, 0.15) is 21.5 Å². The second-order valence-electron chi connectivity index (χ2n) is 5.59. The van der Waals surface area contributed by atoms with Crippen LogP contribution in [0.2, 0.25) is 0 Å². The van der Waals surface area contributed by atoms with Crippen molar-refractivity contribution in [2.45, 2.75) is 18.1 Å². The van der Waals surface area contributed by atoms with Crippen LogP contribution in [0.4, 0.5) is 0 Å². The van der Waals surface area contributed by atoms with Crippen LogP contribution >= 0.6 is 0 Å². The van der Waals surface area contributed by atoms with Gasteiger partial charge in [-0.25, -0.2) is 17.9 Å². The number of carboxylic acids is 1. The van der Waals surface area contributed by atoms with Gasteiger partial charge in [-0.15, -0.1) is 0 Å². The molecular weight excluding hydrogens is 345 g/mol. The molecule has 1 unspecified atom stereocenters. The highest BCUT2D eigenvalue weighted by Gasteiger charge is 2.28. The van der Waals surface area contributed by atoms with Crippen molar-refractivity contribution in [3.63, 3.8) is 0 Å². The minimum atomic E-state index is -3.81. The molecule has 0 saturated heterocycles. The van der Waals surface area contributed by atoms with E-state index >= 15 is 0 Å². The molecule has 132 valence electrons. The first-order valence-corrected chi connectivity index (χ1v) is 9.14. The summed E-state index contributed by atoms with van der Waals surface area (Å²) in [5.74, 6) is -2.61. The maximum atomic E-state index is 12.3. The SMILES string of the molecule is O=C(O)c1cccc(CC(NS(=O)(=O)Cc2ccccc2)B(O)O)c1. The van der Waals surface area contributed by atoms with Gasteiger partial charge in [0.15, 0.2) is 0 Å². The van der Waals surface area contributed by atoms with Gasteiger partial charge in [-0.05, 0) is 29.7 Å². The minimum absolute atomic E-state index is 0.0378. The highest BCUT2D eigenvalue weighted by molar-refractivity contribution is 7.88. The van der Waals surface area contributed by atoms with Gasteiger partial charge in [0.05, 0.1) is 17.3 Å². The number of nitrogens with one attached hydrogen (secondary N) is 1. The number of sulfonamides is 1. The summed E-state index contributed by atoms with van der Waals surface area (Å²) in [5, 5.41) is 28.0. The number of hydrogen-bond donors (Lipinski definition) is 4. The topological polar surface area (TPSA) is 124 Å². The van der Waals surface area contributed by atoms with Crippen LogP contribution < -0.4 is 4.72 Å². The molecule has 0 aromatic heterocycles. The molecule has 0 fully saturated rings. The predicted octanol–water partition coefficient (Wildman–Crippen LogP) is 0.428. The van der Waals surface area contributed by atoms with Crippen LogP contribution in [0.15, 0.2) is 54.6 Å². The first-order valence-electron chi connectivity index (χ1n) is 7.49. The van der Waals surface area contributed by atoms with Crippen molar-refractivity contribution in [1.82, 2.24) is 4.72 Å². The first kappa shape index (κ1) is 19.1. The second kappa shape index (κ2) is 8.26. The van der Waals surface area contributed by atoms with Crippen LogP contribution in [-0.2, 0) is 22.2 Å². The molecule has 0 aliphatic carbocycles. The molecule has 1 atom stereocenters. The lowest BCUT2D eigenvalue weighted by molar-refractivity contribution is 0.0696. The molecule has 0 bridgehead atoms. The van der Waals surface area contributed by atoms with Gasteiger partial charge in [0.2, 0.25) is 10.0 Å². The van der Waals surface area contributed by atoms with Gasteiger partial charge in [-0.1, -0.05) is 42.5 Å². The fourth-order valence-corrected chi connectivity index (χ4v) is 3.74. The van der Waals surface area contributed by atoms with Gasteiger partial charge in [0, 0.05) is 0 Å². The number of benzene rings is 2. The Labute approximate surface area is 146 Å². The molecule has 2 rings (SSSR count). The van der Waals surface area contributed by atoms with Gasteiger partial charge in [0.25, 0.3) is 0 Å². The third kappa shape index (κ3) is 5.98. The van der Waals surface area contributed by atoms with E-state index in [9.17, 15) is 23.3 Å². The van der Waals surface area contributed by atoms with Gasteiger partial charge >= 0.3 is 13.1 Å². The van der Waals surface area contributed by atoms with Gasteiger partial charge in [-0.3, -0.25) is 0 Å². The molecule has 4 N–H and O–H groups in total. The quantitative estimate of drug-likeness (QED) is 0.504. The fourth-order valence-electron chi connectivity index (χ4n) is 2.36. The fraction of sp³-hybridized carbons (Fsp3) is 0.188. The molecule has 2 aromatic carbocycles. The van der Waals surface area contributed by atoms with Crippen LogP contribution in [0.5, 0.6) is 0 Å². The molecule has 9 heteroatoms. The van der Waals surface area contributed by atoms with E-state index in [-0.39, 0.29) is 17.7 Å². The summed E-state index contributed by atoms with van der Waals surface area (Å²) in [7, 11) is -5.74. The number of carboxylic acid groups (broad SMARTS) is 1. The van der Waals surface area contributed by atoms with E-state index < -0.39 is 29.1 Å². The Kier molecular flexibility index (Phi) is 6.32. The molecule has 0 radical (unpaired) electrons. The van der Waals surface area contributed by atoms with Crippen molar-refractivity contribution in [3.05, 3.63) is 71.3 Å². The van der Waals surface area contributed by atoms with E-state index in [1.54, 1.807) is 36.4 Å². The highest BCUT2D eigenvalue weighted by Crippen LogP contribution is 2.11. The number of rotatable bonds is 8. The van der Waals surface area contributed by atoms with Crippen molar-refractivity contribution in [2.75, 3.05) is 0 Å². The van der Waals surface area contributed by atoms with Crippen molar-refractivity contribution < 1.29 is 28.4 Å². The van der Waals surface area contributed by atoms with Crippen molar-refractivity contribution in [1.29, 1.82) is 0 Å². The standard InChI is InChI=1S/C16H18BNO6S/c19-16(20)14-8-4-7-13(9-14)10-15(17(21)22)18-25(23,24)11-12-5-2-1-3-6-12/h1-9,15,18,21-22H,10-11H2,(H,19,20). The monoisotopic (exact) mass is 363 g/mol. The second-order valence-corrected chi connectivity index (χ2v) is 7.35. The normalized spacial score (nSPS) is 12.6. The van der Waals surface area contributed by atoms with E-state index in [1.807, 2.05) is 0 Å². The van der Waals surface area contributed by atoms with E-state index in [4.69, 9.17) is 5.11 Å². The predicted molar refractivity (Wildman–Crippen MR) is 93.3 cm³/mol. The Morgan fingerprint density at radius 3 is 2.28 bits per heavy atom. The molecule has 7 nitrogen and oxygen atoms in total. The summed E-state index contributed by atoms with van der Waals surface area (Å²) >= 11 is 0. The average molecular weight is 363 g/mol. The van der Waals surface area contributed by atoms with E-state index in [0.717, 1.165) is 0 Å². The molecule has 0 spiro atoms. The zero-order chi connectivity index (χ0) is 18.4. The third-order valence-electron chi connectivity index (χ3n) is 3.52. The van der Waals surface area contributed by atoms with E-state index in [1.165, 1.54) is 18.2 Å². The summed E-state index contributed by atoms with van der Waals surface area (Å²) in [6, 6.07) is 14.4. The summed E-state index contributed by atoms with van der Waals surface area (Å²) in [6.45, 7) is 0. The first-order chi connectivity index (χ1) is 11.8. The largest absolute Gasteiger partial charge is 0.478 e. The zero-order valence-electron chi connectivity index (χ0n) is 13.2. The number of hydrogen-bond acceptors (Lipinski definition) is 5. The lowest BCUT2D eigenvalue weighted by Crippen LogP contribution is -2.48. The Hall–Kier alpha value is -2.20. The Morgan fingerprint density at radius 2 is 1.68 bits per heavy atom. The van der Waals surface area contributed by atoms with Crippen LogP contribution in [0, 0.1) is 0 Å². The highest BCUT2D eigenvalue weighted by atomic mass is 32.2. The average Bonchev–Trinajstić information content (AvgIpc) is 2.54. The van der Waals surface area contributed by atoms with Crippen molar-refractivity contribution >= 4 is 23.1 Å². The molecule has 0 heterocycles. The summed E-state index contributed by atoms with van der Waals surface area (Å²) in [4.78, 5) is 11.0. The van der Waals surface area contributed by atoms with Crippen molar-refractivity contribution in [3.8, 4) is 0 Å². The van der Waals surface area contributed by atoms with Crippen LogP contribution in [0.3, 0.4) is 0 Å². The smallest absolute Gasteiger partial charge is 0.471 e. The van der Waals surface area contributed by atoms with Crippen LogP contribution in [0.25, 0.3) is 0 Å². The Morgan fingerprint density at radius 1 is 1.04 bits per heavy atom. The maximum Gasteiger partial charge on any atom is 0.471 e. The third-order valence-corrected chi connectivity index (χ3v) is 4.90. The molecule has 2 aromatic rings. The lowest BCUT2D eigenvalue weighted by Gasteiger charge is -2.18. The van der Waals surface area contributed by atoms with Gasteiger partial charge in [0.1, 0.15) is 0 Å². The molecule has 0 saturated carbocycles.